The summed E-state index contributed by atoms with van der Waals surface area (Å²) in [5.41, 5.74) is 0.885. The maximum Gasteiger partial charge on any atom is 0.191 e. The topological polar surface area (TPSA) is 39.7 Å². The fourth-order valence-electron chi connectivity index (χ4n) is 2.92. The normalized spacial score (nSPS) is 15.5. The molecule has 2 aromatic rings. The number of benzene rings is 1. The van der Waals surface area contributed by atoms with Gasteiger partial charge in [0, 0.05) is 32.7 Å². The molecule has 0 amide bonds. The highest BCUT2D eigenvalue weighted by molar-refractivity contribution is 14.0. The van der Waals surface area contributed by atoms with Crippen molar-refractivity contribution in [3.63, 3.8) is 0 Å². The number of rotatable bonds is 4. The van der Waals surface area contributed by atoms with E-state index in [2.05, 4.69) is 54.0 Å². The van der Waals surface area contributed by atoms with Gasteiger partial charge in [-0.25, -0.2) is 4.39 Å². The van der Waals surface area contributed by atoms with Crippen molar-refractivity contribution >= 4 is 62.2 Å². The van der Waals surface area contributed by atoms with Crippen molar-refractivity contribution in [2.75, 3.05) is 25.0 Å². The van der Waals surface area contributed by atoms with Crippen molar-refractivity contribution < 1.29 is 4.39 Å². The lowest BCUT2D eigenvalue weighted by molar-refractivity contribution is 0.462. The van der Waals surface area contributed by atoms with Crippen LogP contribution < -0.4 is 15.5 Å². The molecule has 26 heavy (non-hydrogen) atoms. The first kappa shape index (κ1) is 21.4. The van der Waals surface area contributed by atoms with Crippen molar-refractivity contribution in [1.82, 2.24) is 10.6 Å². The highest BCUT2D eigenvalue weighted by atomic mass is 127. The maximum absolute atomic E-state index is 13.6. The summed E-state index contributed by atoms with van der Waals surface area (Å²) in [7, 11) is 1.76. The number of halogens is 3. The van der Waals surface area contributed by atoms with Crippen LogP contribution in [0.4, 0.5) is 9.39 Å². The number of thiophene rings is 1. The molecule has 0 atom stereocenters. The third kappa shape index (κ3) is 5.82. The Bertz CT molecular complexity index is 718. The van der Waals surface area contributed by atoms with Gasteiger partial charge in [-0.3, -0.25) is 4.99 Å². The van der Waals surface area contributed by atoms with Gasteiger partial charge >= 0.3 is 0 Å². The number of hydrogen-bond donors (Lipinski definition) is 2. The predicted molar refractivity (Wildman–Crippen MR) is 122 cm³/mol. The van der Waals surface area contributed by atoms with Gasteiger partial charge in [0.15, 0.2) is 5.96 Å². The van der Waals surface area contributed by atoms with Gasteiger partial charge in [0.1, 0.15) is 5.82 Å². The molecular weight excluding hydrogens is 530 g/mol. The standard InChI is InChI=1S/C18H22BrFN4S.HI/c1-21-18(22-12-13-4-5-15(19)16(20)11-13)23-14-6-8-24(9-7-14)17-3-2-10-25-17;/h2-5,10-11,14H,6-9,12H2,1H3,(H2,21,22,23);1H. The van der Waals surface area contributed by atoms with E-state index in [4.69, 9.17) is 0 Å². The molecule has 2 heterocycles. The number of aliphatic imine (C=N–C) groups is 1. The second-order valence-corrected chi connectivity index (χ2v) is 7.81. The van der Waals surface area contributed by atoms with Crippen molar-refractivity contribution in [1.29, 1.82) is 0 Å². The number of anilines is 1. The van der Waals surface area contributed by atoms with Crippen LogP contribution in [0.5, 0.6) is 0 Å². The minimum Gasteiger partial charge on any atom is -0.363 e. The quantitative estimate of drug-likeness (QED) is 0.331. The Balaban J connectivity index is 0.00000243. The number of hydrogen-bond acceptors (Lipinski definition) is 3. The van der Waals surface area contributed by atoms with Crippen LogP contribution in [-0.2, 0) is 6.54 Å². The van der Waals surface area contributed by atoms with E-state index in [9.17, 15) is 4.39 Å². The van der Waals surface area contributed by atoms with Crippen LogP contribution in [0.2, 0.25) is 0 Å². The largest absolute Gasteiger partial charge is 0.363 e. The van der Waals surface area contributed by atoms with E-state index < -0.39 is 0 Å². The summed E-state index contributed by atoms with van der Waals surface area (Å²) >= 11 is 4.97. The molecule has 0 unspecified atom stereocenters. The van der Waals surface area contributed by atoms with E-state index in [1.165, 1.54) is 11.1 Å². The molecule has 2 N–H and O–H groups in total. The Hall–Kier alpha value is -0.870. The van der Waals surface area contributed by atoms with Crippen LogP contribution in [0.25, 0.3) is 0 Å². The molecule has 4 nitrogen and oxygen atoms in total. The Morgan fingerprint density at radius 2 is 2.12 bits per heavy atom. The van der Waals surface area contributed by atoms with E-state index >= 15 is 0 Å². The fraction of sp³-hybridized carbons (Fsp3) is 0.389. The molecule has 1 aliphatic rings. The smallest absolute Gasteiger partial charge is 0.191 e. The third-order valence-electron chi connectivity index (χ3n) is 4.32. The number of guanidine groups is 1. The summed E-state index contributed by atoms with van der Waals surface area (Å²) in [6.45, 7) is 2.64. The van der Waals surface area contributed by atoms with Gasteiger partial charge in [-0.2, -0.15) is 0 Å². The highest BCUT2D eigenvalue weighted by Crippen LogP contribution is 2.24. The van der Waals surface area contributed by atoms with Crippen LogP contribution in [0, 0.1) is 5.82 Å². The van der Waals surface area contributed by atoms with Crippen LogP contribution in [0.15, 0.2) is 45.2 Å². The minimum absolute atomic E-state index is 0. The second kappa shape index (κ2) is 10.5. The molecule has 0 aliphatic carbocycles. The zero-order valence-electron chi connectivity index (χ0n) is 14.5. The van der Waals surface area contributed by atoms with Gasteiger partial charge in [-0.15, -0.1) is 35.3 Å². The lowest BCUT2D eigenvalue weighted by atomic mass is 10.1. The van der Waals surface area contributed by atoms with Gasteiger partial charge < -0.3 is 15.5 Å². The second-order valence-electron chi connectivity index (χ2n) is 6.03. The van der Waals surface area contributed by atoms with Crippen molar-refractivity contribution in [2.45, 2.75) is 25.4 Å². The van der Waals surface area contributed by atoms with Gasteiger partial charge in [0.05, 0.1) is 9.47 Å². The molecular formula is C18H23BrFIN4S. The molecule has 1 fully saturated rings. The first-order valence-corrected chi connectivity index (χ1v) is 10.0. The van der Waals surface area contributed by atoms with Crippen molar-refractivity contribution in [3.8, 4) is 0 Å². The number of nitrogens with zero attached hydrogens (tertiary/aromatic N) is 2. The first-order chi connectivity index (χ1) is 12.2. The van der Waals surface area contributed by atoms with E-state index in [-0.39, 0.29) is 29.8 Å². The van der Waals surface area contributed by atoms with Crippen molar-refractivity contribution in [2.24, 2.45) is 4.99 Å². The summed E-state index contributed by atoms with van der Waals surface area (Å²) < 4.78 is 14.1. The van der Waals surface area contributed by atoms with Gasteiger partial charge in [-0.05, 0) is 64.0 Å². The molecule has 142 valence electrons. The zero-order valence-corrected chi connectivity index (χ0v) is 19.3. The summed E-state index contributed by atoms with van der Waals surface area (Å²) in [6, 6.07) is 9.83. The molecule has 0 bridgehead atoms. The molecule has 0 saturated carbocycles. The summed E-state index contributed by atoms with van der Waals surface area (Å²) in [6.07, 6.45) is 2.15. The minimum atomic E-state index is -0.247. The molecule has 1 aliphatic heterocycles. The summed E-state index contributed by atoms with van der Waals surface area (Å²) in [5, 5.41) is 10.2. The predicted octanol–water partition coefficient (Wildman–Crippen LogP) is 4.60. The van der Waals surface area contributed by atoms with Crippen LogP contribution in [-0.4, -0.2) is 32.1 Å². The van der Waals surface area contributed by atoms with E-state index in [0.717, 1.165) is 37.5 Å². The van der Waals surface area contributed by atoms with E-state index in [0.29, 0.717) is 17.1 Å². The molecule has 3 rings (SSSR count). The van der Waals surface area contributed by atoms with E-state index in [1.807, 2.05) is 6.07 Å². The molecule has 0 spiro atoms. The van der Waals surface area contributed by atoms with Crippen LogP contribution >= 0.6 is 51.2 Å². The van der Waals surface area contributed by atoms with Gasteiger partial charge in [-0.1, -0.05) is 6.07 Å². The Morgan fingerprint density at radius 3 is 2.73 bits per heavy atom. The maximum atomic E-state index is 13.6. The van der Waals surface area contributed by atoms with Crippen molar-refractivity contribution in [3.05, 3.63) is 51.6 Å². The average molecular weight is 553 g/mol. The highest BCUT2D eigenvalue weighted by Gasteiger charge is 2.20. The molecule has 1 aromatic carbocycles. The molecule has 1 saturated heterocycles. The number of piperidine rings is 1. The Kier molecular flexibility index (Phi) is 8.62. The first-order valence-electron chi connectivity index (χ1n) is 8.35. The lowest BCUT2D eigenvalue weighted by Gasteiger charge is -2.33. The van der Waals surface area contributed by atoms with Crippen LogP contribution in [0.3, 0.4) is 0 Å². The SMILES string of the molecule is CN=C(NCc1ccc(Br)c(F)c1)NC1CCN(c2cccs2)CC1.I. The fourth-order valence-corrected chi connectivity index (χ4v) is 3.95. The van der Waals surface area contributed by atoms with Gasteiger partial charge in [0.2, 0.25) is 0 Å². The van der Waals surface area contributed by atoms with Crippen LogP contribution in [0.1, 0.15) is 18.4 Å². The summed E-state index contributed by atoms with van der Waals surface area (Å²) in [5.74, 6) is 0.515. The number of nitrogens with one attached hydrogen (secondary N) is 2. The third-order valence-corrected chi connectivity index (χ3v) is 5.89. The lowest BCUT2D eigenvalue weighted by Crippen LogP contribution is -2.48. The Morgan fingerprint density at radius 1 is 1.35 bits per heavy atom. The summed E-state index contributed by atoms with van der Waals surface area (Å²) in [4.78, 5) is 6.72. The average Bonchev–Trinajstić information content (AvgIpc) is 3.16. The van der Waals surface area contributed by atoms with E-state index in [1.54, 1.807) is 24.5 Å². The van der Waals surface area contributed by atoms with Gasteiger partial charge in [0.25, 0.3) is 0 Å². The zero-order chi connectivity index (χ0) is 17.6. The molecule has 8 heteroatoms. The molecule has 1 aromatic heterocycles. The Labute approximate surface area is 183 Å². The monoisotopic (exact) mass is 552 g/mol. The molecule has 0 radical (unpaired) electrons.